The van der Waals surface area contributed by atoms with Crippen molar-refractivity contribution < 1.29 is 9.47 Å². The molecule has 1 aliphatic carbocycles. The molecule has 0 spiro atoms. The molecule has 2 aliphatic rings. The lowest BCUT2D eigenvalue weighted by atomic mass is 9.99. The molecule has 4 rings (SSSR count). The van der Waals surface area contributed by atoms with Crippen molar-refractivity contribution in [2.75, 3.05) is 13.7 Å². The van der Waals surface area contributed by atoms with Crippen LogP contribution in [-0.4, -0.2) is 35.7 Å². The lowest BCUT2D eigenvalue weighted by Gasteiger charge is -2.35. The molecule has 3 atom stereocenters. The van der Waals surface area contributed by atoms with E-state index in [1.165, 1.54) is 25.0 Å². The second kappa shape index (κ2) is 7.04. The van der Waals surface area contributed by atoms with Crippen LogP contribution in [0, 0.1) is 12.8 Å². The summed E-state index contributed by atoms with van der Waals surface area (Å²) in [5, 5.41) is 0. The van der Waals surface area contributed by atoms with Crippen molar-refractivity contribution >= 4 is 0 Å². The molecule has 1 aliphatic heterocycles. The van der Waals surface area contributed by atoms with Crippen LogP contribution in [0.4, 0.5) is 0 Å². The fourth-order valence-electron chi connectivity index (χ4n) is 4.41. The smallest absolute Gasteiger partial charge is 0.123 e. The number of methoxy groups -OCH3 is 1. The number of aryl methyl sites for hydroxylation is 1. The molecule has 2 aromatic rings. The predicted molar refractivity (Wildman–Crippen MR) is 97.9 cm³/mol. The molecular weight excluding hydrogens is 312 g/mol. The number of rotatable bonds is 6. The Morgan fingerprint density at radius 1 is 1.12 bits per heavy atom. The zero-order chi connectivity index (χ0) is 17.2. The summed E-state index contributed by atoms with van der Waals surface area (Å²) >= 11 is 0. The topological polar surface area (TPSA) is 34.6 Å². The number of benzene rings is 1. The average Bonchev–Trinajstić information content (AvgIpc) is 3.22. The number of fused-ring (bicyclic) bond motifs is 2. The summed E-state index contributed by atoms with van der Waals surface area (Å²) in [6.45, 7) is 3.72. The van der Waals surface area contributed by atoms with Gasteiger partial charge in [-0.2, -0.15) is 0 Å². The van der Waals surface area contributed by atoms with Crippen LogP contribution >= 0.6 is 0 Å². The van der Waals surface area contributed by atoms with Gasteiger partial charge in [0.25, 0.3) is 0 Å². The summed E-state index contributed by atoms with van der Waals surface area (Å²) < 4.78 is 11.4. The van der Waals surface area contributed by atoms with Gasteiger partial charge >= 0.3 is 0 Å². The Morgan fingerprint density at radius 3 is 2.80 bits per heavy atom. The monoisotopic (exact) mass is 338 g/mol. The van der Waals surface area contributed by atoms with Gasteiger partial charge in [0, 0.05) is 30.4 Å². The molecule has 1 saturated carbocycles. The van der Waals surface area contributed by atoms with Gasteiger partial charge in [-0.3, -0.25) is 9.88 Å². The molecule has 2 bridgehead atoms. The van der Waals surface area contributed by atoms with E-state index in [9.17, 15) is 0 Å². The van der Waals surface area contributed by atoms with E-state index in [1.807, 2.05) is 24.3 Å². The molecule has 0 amide bonds. The van der Waals surface area contributed by atoms with Crippen molar-refractivity contribution in [1.29, 1.82) is 0 Å². The van der Waals surface area contributed by atoms with E-state index in [2.05, 4.69) is 30.0 Å². The van der Waals surface area contributed by atoms with E-state index in [4.69, 9.17) is 14.5 Å². The fourth-order valence-corrected chi connectivity index (χ4v) is 4.41. The lowest BCUT2D eigenvalue weighted by molar-refractivity contribution is 0.0855. The zero-order valence-corrected chi connectivity index (χ0v) is 15.0. The predicted octanol–water partition coefficient (Wildman–Crippen LogP) is 3.83. The van der Waals surface area contributed by atoms with Crippen LogP contribution in [-0.2, 0) is 6.54 Å². The first-order valence-electron chi connectivity index (χ1n) is 9.18. The third kappa shape index (κ3) is 3.49. The zero-order valence-electron chi connectivity index (χ0n) is 15.0. The quantitative estimate of drug-likeness (QED) is 0.802. The number of nitrogens with zero attached hydrogens (tertiary/aromatic N) is 2. The second-order valence-electron chi connectivity index (χ2n) is 7.23. The highest BCUT2D eigenvalue weighted by Crippen LogP contribution is 2.43. The van der Waals surface area contributed by atoms with Crippen molar-refractivity contribution in [1.82, 2.24) is 9.88 Å². The van der Waals surface area contributed by atoms with Crippen LogP contribution in [0.15, 0.2) is 42.5 Å². The molecule has 4 heteroatoms. The van der Waals surface area contributed by atoms with Gasteiger partial charge in [-0.25, -0.2) is 0 Å². The molecule has 0 unspecified atom stereocenters. The highest BCUT2D eigenvalue weighted by molar-refractivity contribution is 5.32. The van der Waals surface area contributed by atoms with Crippen LogP contribution in [0.2, 0.25) is 0 Å². The minimum absolute atomic E-state index is 0.479. The number of hydrogen-bond acceptors (Lipinski definition) is 4. The Labute approximate surface area is 149 Å². The maximum absolute atomic E-state index is 6.13. The van der Waals surface area contributed by atoms with Crippen molar-refractivity contribution in [3.8, 4) is 11.5 Å². The Kier molecular flexibility index (Phi) is 4.62. The Hall–Kier alpha value is -2.07. The first-order chi connectivity index (χ1) is 12.2. The average molecular weight is 338 g/mol. The molecule has 1 aromatic heterocycles. The number of likely N-dealkylation sites (tertiary alicyclic amines) is 1. The molecule has 0 radical (unpaired) electrons. The molecule has 4 nitrogen and oxygen atoms in total. The molecule has 1 aromatic carbocycles. The summed E-state index contributed by atoms with van der Waals surface area (Å²) in [7, 11) is 1.69. The fraction of sp³-hybridized carbons (Fsp3) is 0.476. The van der Waals surface area contributed by atoms with Crippen LogP contribution in [0.1, 0.15) is 30.7 Å². The van der Waals surface area contributed by atoms with Gasteiger partial charge < -0.3 is 9.47 Å². The summed E-state index contributed by atoms with van der Waals surface area (Å²) in [6.07, 6.45) is 3.94. The largest absolute Gasteiger partial charge is 0.497 e. The normalized spacial score (nSPS) is 25.3. The standard InChI is InChI=1S/C21H26N2O2/c1-15-5-3-6-17(22-15)13-23-18-10-9-16(11-18)21(23)14-25-20-8-4-7-19(12-20)24-2/h3-8,12,16,18,21H,9-11,13-14H2,1-2H3/t16-,18-,21-/m1/s1. The first-order valence-corrected chi connectivity index (χ1v) is 9.18. The van der Waals surface area contributed by atoms with E-state index < -0.39 is 0 Å². The molecule has 2 fully saturated rings. The third-order valence-corrected chi connectivity index (χ3v) is 5.64. The number of ether oxygens (including phenoxy) is 2. The van der Waals surface area contributed by atoms with Crippen molar-refractivity contribution in [3.63, 3.8) is 0 Å². The van der Waals surface area contributed by atoms with Gasteiger partial charge in [-0.1, -0.05) is 12.1 Å². The van der Waals surface area contributed by atoms with E-state index >= 15 is 0 Å². The molecule has 1 saturated heterocycles. The van der Waals surface area contributed by atoms with Crippen molar-refractivity contribution in [2.24, 2.45) is 5.92 Å². The van der Waals surface area contributed by atoms with Crippen LogP contribution in [0.3, 0.4) is 0 Å². The molecule has 25 heavy (non-hydrogen) atoms. The summed E-state index contributed by atoms with van der Waals surface area (Å²) in [5.41, 5.74) is 2.25. The van der Waals surface area contributed by atoms with Gasteiger partial charge in [0.1, 0.15) is 18.1 Å². The summed E-state index contributed by atoms with van der Waals surface area (Å²) in [4.78, 5) is 7.32. The lowest BCUT2D eigenvalue weighted by Crippen LogP contribution is -2.43. The highest BCUT2D eigenvalue weighted by atomic mass is 16.5. The Balaban J connectivity index is 1.45. The van der Waals surface area contributed by atoms with E-state index in [1.54, 1.807) is 7.11 Å². The van der Waals surface area contributed by atoms with Gasteiger partial charge in [0.2, 0.25) is 0 Å². The van der Waals surface area contributed by atoms with Crippen molar-refractivity contribution in [2.45, 2.75) is 44.8 Å². The van der Waals surface area contributed by atoms with E-state index in [0.29, 0.717) is 12.1 Å². The van der Waals surface area contributed by atoms with Gasteiger partial charge in [-0.15, -0.1) is 0 Å². The highest BCUT2D eigenvalue weighted by Gasteiger charge is 2.46. The van der Waals surface area contributed by atoms with Crippen LogP contribution in [0.25, 0.3) is 0 Å². The van der Waals surface area contributed by atoms with Gasteiger partial charge in [0.15, 0.2) is 0 Å². The number of pyridine rings is 1. The number of piperidine rings is 1. The molecule has 2 heterocycles. The Bertz CT molecular complexity index is 733. The van der Waals surface area contributed by atoms with E-state index in [0.717, 1.165) is 36.3 Å². The van der Waals surface area contributed by atoms with Crippen LogP contribution < -0.4 is 9.47 Å². The number of aromatic nitrogens is 1. The molecule has 132 valence electrons. The van der Waals surface area contributed by atoms with Gasteiger partial charge in [-0.05, 0) is 56.4 Å². The maximum Gasteiger partial charge on any atom is 0.123 e. The van der Waals surface area contributed by atoms with Gasteiger partial charge in [0.05, 0.1) is 12.8 Å². The SMILES string of the molecule is COc1cccc(OC[C@@H]2[C@@H]3CC[C@H](C3)N2Cc2cccc(C)n2)c1. The summed E-state index contributed by atoms with van der Waals surface area (Å²) in [5.74, 6) is 2.47. The summed E-state index contributed by atoms with van der Waals surface area (Å²) in [6, 6.07) is 15.3. The van der Waals surface area contributed by atoms with Crippen LogP contribution in [0.5, 0.6) is 11.5 Å². The third-order valence-electron chi connectivity index (χ3n) is 5.64. The Morgan fingerprint density at radius 2 is 1.96 bits per heavy atom. The van der Waals surface area contributed by atoms with E-state index in [-0.39, 0.29) is 0 Å². The first kappa shape index (κ1) is 16.4. The second-order valence-corrected chi connectivity index (χ2v) is 7.23. The maximum atomic E-state index is 6.13. The minimum Gasteiger partial charge on any atom is -0.497 e. The number of hydrogen-bond donors (Lipinski definition) is 0. The molecular formula is C21H26N2O2. The minimum atomic E-state index is 0.479. The van der Waals surface area contributed by atoms with Crippen molar-refractivity contribution in [3.05, 3.63) is 53.9 Å². The molecule has 0 N–H and O–H groups in total.